The van der Waals surface area contributed by atoms with E-state index in [1.165, 1.54) is 0 Å². The number of carbonyl (C=O) groups is 4. The summed E-state index contributed by atoms with van der Waals surface area (Å²) in [5, 5.41) is 0. The molecule has 0 saturated carbocycles. The molecule has 0 aliphatic carbocycles. The van der Waals surface area contributed by atoms with E-state index in [1.807, 2.05) is 6.92 Å². The van der Waals surface area contributed by atoms with Crippen LogP contribution in [-0.2, 0) is 19.1 Å². The van der Waals surface area contributed by atoms with Crippen LogP contribution in [0.3, 0.4) is 0 Å². The molecule has 0 radical (unpaired) electrons. The molecule has 3 fully saturated rings. The molecule has 3 aliphatic rings. The molecule has 1 aromatic rings. The Morgan fingerprint density at radius 3 is 2.82 bits per heavy atom. The molecule has 1 aromatic carbocycles. The molecular weight excluding hydrogens is 380 g/mol. The van der Waals surface area contributed by atoms with Crippen LogP contribution in [0.2, 0.25) is 0 Å². The largest absolute Gasteiger partial charge is 0.456 e. The number of hydrogen-bond donors (Lipinski definition) is 0. The van der Waals surface area contributed by atoms with Crippen LogP contribution >= 0.6 is 11.8 Å². The van der Waals surface area contributed by atoms with Crippen molar-refractivity contribution in [3.63, 3.8) is 0 Å². The fourth-order valence-corrected chi connectivity index (χ4v) is 5.50. The molecule has 148 valence electrons. The van der Waals surface area contributed by atoms with Crippen molar-refractivity contribution in [3.8, 4) is 0 Å². The second-order valence-corrected chi connectivity index (χ2v) is 9.00. The molecular formula is C20H22N2O5S. The summed E-state index contributed by atoms with van der Waals surface area (Å²) in [4.78, 5) is 52.0. The van der Waals surface area contributed by atoms with Crippen molar-refractivity contribution in [2.45, 2.75) is 43.5 Å². The summed E-state index contributed by atoms with van der Waals surface area (Å²) in [6.07, 6.45) is 2.49. The lowest BCUT2D eigenvalue weighted by Gasteiger charge is -2.29. The van der Waals surface area contributed by atoms with E-state index in [0.717, 1.165) is 12.8 Å². The second-order valence-electron chi connectivity index (χ2n) is 7.50. The lowest BCUT2D eigenvalue weighted by Crippen LogP contribution is -2.46. The Kier molecular flexibility index (Phi) is 4.91. The van der Waals surface area contributed by atoms with Crippen molar-refractivity contribution in [1.82, 2.24) is 4.90 Å². The van der Waals surface area contributed by atoms with Crippen LogP contribution in [-0.4, -0.2) is 58.3 Å². The minimum absolute atomic E-state index is 0.0382. The quantitative estimate of drug-likeness (QED) is 0.553. The fourth-order valence-electron chi connectivity index (χ4n) is 4.08. The number of benzene rings is 1. The number of rotatable bonds is 5. The maximum absolute atomic E-state index is 12.5. The summed E-state index contributed by atoms with van der Waals surface area (Å²) in [5.74, 6) is -0.368. The first-order valence-corrected chi connectivity index (χ1v) is 10.4. The molecule has 28 heavy (non-hydrogen) atoms. The number of carbonyl (C=O) groups excluding carboxylic acids is 4. The standard InChI is InChI=1S/C20H22N2O5S/c1-20-8-7-18(25)22(20)15(12-28-20)19(26)27-11-16(23)13-4-2-5-14(10-13)21-9-3-6-17(21)24/h2,4-5,10,15H,3,6-9,11-12H2,1H3/t15-,20+/m1/s1. The summed E-state index contributed by atoms with van der Waals surface area (Å²) in [6, 6.07) is 6.18. The SMILES string of the molecule is C[C@]12CCC(=O)N1[C@@H](C(=O)OCC(=O)c1cccc(N3CCCC3=O)c1)CS2. The molecule has 0 unspecified atom stereocenters. The van der Waals surface area contributed by atoms with Crippen LogP contribution in [0.1, 0.15) is 43.0 Å². The van der Waals surface area contributed by atoms with Gasteiger partial charge < -0.3 is 14.5 Å². The van der Waals surface area contributed by atoms with Gasteiger partial charge in [-0.15, -0.1) is 11.8 Å². The van der Waals surface area contributed by atoms with Gasteiger partial charge in [0.1, 0.15) is 6.04 Å². The molecule has 0 spiro atoms. The van der Waals surface area contributed by atoms with Gasteiger partial charge in [-0.25, -0.2) is 4.79 Å². The zero-order valence-electron chi connectivity index (χ0n) is 15.7. The van der Waals surface area contributed by atoms with Crippen molar-refractivity contribution in [2.75, 3.05) is 23.8 Å². The number of thioether (sulfide) groups is 1. The normalized spacial score (nSPS) is 26.7. The molecule has 2 amide bonds. The zero-order valence-corrected chi connectivity index (χ0v) is 16.5. The van der Waals surface area contributed by atoms with Gasteiger partial charge in [0.25, 0.3) is 0 Å². The van der Waals surface area contributed by atoms with Gasteiger partial charge in [-0.3, -0.25) is 14.4 Å². The lowest BCUT2D eigenvalue weighted by molar-refractivity contribution is -0.152. The molecule has 4 rings (SSSR count). The van der Waals surface area contributed by atoms with Gasteiger partial charge in [0.15, 0.2) is 12.4 Å². The number of anilines is 1. The van der Waals surface area contributed by atoms with Crippen molar-refractivity contribution in [3.05, 3.63) is 29.8 Å². The maximum atomic E-state index is 12.5. The molecule has 2 atom stereocenters. The van der Waals surface area contributed by atoms with Crippen molar-refractivity contribution in [2.24, 2.45) is 0 Å². The number of nitrogens with zero attached hydrogens (tertiary/aromatic N) is 2. The van der Waals surface area contributed by atoms with Gasteiger partial charge in [-0.1, -0.05) is 12.1 Å². The van der Waals surface area contributed by atoms with Crippen LogP contribution in [0.4, 0.5) is 5.69 Å². The van der Waals surface area contributed by atoms with Crippen molar-refractivity contribution in [1.29, 1.82) is 0 Å². The highest BCUT2D eigenvalue weighted by atomic mass is 32.2. The molecule has 8 heteroatoms. The number of Topliss-reactive ketones (excluding diaryl/α,β-unsaturated/α-hetero) is 1. The zero-order chi connectivity index (χ0) is 19.9. The Morgan fingerprint density at radius 1 is 1.25 bits per heavy atom. The monoisotopic (exact) mass is 402 g/mol. The first-order valence-electron chi connectivity index (χ1n) is 9.45. The third-order valence-electron chi connectivity index (χ3n) is 5.62. The first-order chi connectivity index (χ1) is 13.4. The van der Waals surface area contributed by atoms with Gasteiger partial charge in [-0.05, 0) is 31.9 Å². The number of ether oxygens (including phenoxy) is 1. The Bertz CT molecular complexity index is 857. The molecule has 7 nitrogen and oxygen atoms in total. The van der Waals surface area contributed by atoms with E-state index < -0.39 is 12.0 Å². The highest BCUT2D eigenvalue weighted by Gasteiger charge is 2.53. The predicted molar refractivity (Wildman–Crippen MR) is 104 cm³/mol. The molecule has 0 aromatic heterocycles. The van der Waals surface area contributed by atoms with E-state index in [-0.39, 0.29) is 29.1 Å². The first kappa shape index (κ1) is 19.0. The van der Waals surface area contributed by atoms with Crippen LogP contribution < -0.4 is 4.90 Å². The average Bonchev–Trinajstić information content (AvgIpc) is 3.35. The van der Waals surface area contributed by atoms with E-state index in [2.05, 4.69) is 0 Å². The van der Waals surface area contributed by atoms with Crippen LogP contribution in [0.5, 0.6) is 0 Å². The summed E-state index contributed by atoms with van der Waals surface area (Å²) < 4.78 is 5.25. The van der Waals surface area contributed by atoms with Crippen molar-refractivity contribution >= 4 is 41.0 Å². The number of ketones is 1. The second kappa shape index (κ2) is 7.24. The average molecular weight is 402 g/mol. The predicted octanol–water partition coefficient (Wildman–Crippen LogP) is 1.99. The molecule has 0 N–H and O–H groups in total. The van der Waals surface area contributed by atoms with E-state index in [1.54, 1.807) is 45.8 Å². The summed E-state index contributed by atoms with van der Waals surface area (Å²) in [6.45, 7) is 2.23. The lowest BCUT2D eigenvalue weighted by atomic mass is 10.1. The summed E-state index contributed by atoms with van der Waals surface area (Å²) in [7, 11) is 0. The maximum Gasteiger partial charge on any atom is 0.330 e. The highest BCUT2D eigenvalue weighted by molar-refractivity contribution is 8.01. The molecule has 3 heterocycles. The summed E-state index contributed by atoms with van der Waals surface area (Å²) in [5.41, 5.74) is 1.08. The van der Waals surface area contributed by atoms with Crippen LogP contribution in [0.15, 0.2) is 24.3 Å². The van der Waals surface area contributed by atoms with Gasteiger partial charge in [0.2, 0.25) is 11.8 Å². The van der Waals surface area contributed by atoms with Gasteiger partial charge in [0.05, 0.1) is 4.87 Å². The van der Waals surface area contributed by atoms with Crippen molar-refractivity contribution < 1.29 is 23.9 Å². The minimum Gasteiger partial charge on any atom is -0.456 e. The number of esters is 1. The molecule has 3 aliphatic heterocycles. The van der Waals surface area contributed by atoms with E-state index in [0.29, 0.717) is 36.4 Å². The van der Waals surface area contributed by atoms with E-state index in [9.17, 15) is 19.2 Å². The molecule has 0 bridgehead atoms. The third-order valence-corrected chi connectivity index (χ3v) is 7.12. The summed E-state index contributed by atoms with van der Waals surface area (Å²) >= 11 is 1.58. The van der Waals surface area contributed by atoms with Gasteiger partial charge in [0, 0.05) is 36.4 Å². The minimum atomic E-state index is -0.633. The van der Waals surface area contributed by atoms with Gasteiger partial charge >= 0.3 is 5.97 Å². The molecule has 3 saturated heterocycles. The Hall–Kier alpha value is -2.35. The Morgan fingerprint density at radius 2 is 2.07 bits per heavy atom. The third kappa shape index (κ3) is 3.30. The van der Waals surface area contributed by atoms with E-state index in [4.69, 9.17) is 4.74 Å². The number of fused-ring (bicyclic) bond motifs is 1. The topological polar surface area (TPSA) is 84.0 Å². The van der Waals surface area contributed by atoms with E-state index >= 15 is 0 Å². The number of amides is 2. The Balaban J connectivity index is 1.39. The number of hydrogen-bond acceptors (Lipinski definition) is 6. The highest BCUT2D eigenvalue weighted by Crippen LogP contribution is 2.47. The Labute approximate surface area is 167 Å². The van der Waals surface area contributed by atoms with Crippen LogP contribution in [0, 0.1) is 0 Å². The fraction of sp³-hybridized carbons (Fsp3) is 0.500. The van der Waals surface area contributed by atoms with Crippen LogP contribution in [0.25, 0.3) is 0 Å². The smallest absolute Gasteiger partial charge is 0.330 e. The van der Waals surface area contributed by atoms with Gasteiger partial charge in [-0.2, -0.15) is 0 Å².